The third kappa shape index (κ3) is 3.69. The highest BCUT2D eigenvalue weighted by molar-refractivity contribution is 5.97. The molecule has 0 saturated carbocycles. The van der Waals surface area contributed by atoms with Crippen LogP contribution in [0, 0.1) is 5.41 Å². The zero-order valence-electron chi connectivity index (χ0n) is 11.8. The average molecular weight is 296 g/mol. The fourth-order valence-electron chi connectivity index (χ4n) is 1.93. The molecule has 2 aromatic carbocycles. The first-order valence-corrected chi connectivity index (χ1v) is 6.59. The minimum atomic E-state index is -0.587. The maximum Gasteiger partial charge on any atom is 0.251 e. The van der Waals surface area contributed by atoms with E-state index in [1.165, 1.54) is 0 Å². The van der Waals surface area contributed by atoms with Crippen molar-refractivity contribution in [1.29, 1.82) is 5.41 Å². The summed E-state index contributed by atoms with van der Waals surface area (Å²) in [5.41, 5.74) is 13.4. The molecule has 0 aliphatic carbocycles. The Hall–Kier alpha value is -3.15. The molecule has 0 bridgehead atoms. The second-order valence-electron chi connectivity index (χ2n) is 4.72. The summed E-state index contributed by atoms with van der Waals surface area (Å²) in [5, 5.41) is 9.78. The van der Waals surface area contributed by atoms with Gasteiger partial charge in [-0.3, -0.25) is 15.0 Å². The van der Waals surface area contributed by atoms with Crippen molar-refractivity contribution in [3.63, 3.8) is 0 Å². The van der Waals surface area contributed by atoms with Crippen molar-refractivity contribution in [3.05, 3.63) is 59.7 Å². The molecule has 0 unspecified atom stereocenters. The molecule has 0 spiro atoms. The summed E-state index contributed by atoms with van der Waals surface area (Å²) in [4.78, 5) is 22.4. The lowest BCUT2D eigenvalue weighted by molar-refractivity contribution is -0.117. The van der Waals surface area contributed by atoms with Crippen LogP contribution >= 0.6 is 0 Å². The molecular formula is C16H16N4O2. The van der Waals surface area contributed by atoms with E-state index in [1.807, 2.05) is 24.3 Å². The molecule has 0 aliphatic rings. The van der Waals surface area contributed by atoms with Gasteiger partial charge >= 0.3 is 0 Å². The molecule has 0 heterocycles. The van der Waals surface area contributed by atoms with Crippen molar-refractivity contribution in [1.82, 2.24) is 5.32 Å². The van der Waals surface area contributed by atoms with Crippen LogP contribution in [0.2, 0.25) is 0 Å². The molecule has 0 atom stereocenters. The second kappa shape index (κ2) is 6.53. The Labute approximate surface area is 127 Å². The number of nitrogen functional groups attached to an aromatic ring is 1. The average Bonchev–Trinajstić information content (AvgIpc) is 2.53. The van der Waals surface area contributed by atoms with E-state index in [0.29, 0.717) is 11.1 Å². The van der Waals surface area contributed by atoms with Gasteiger partial charge in [0.15, 0.2) is 0 Å². The van der Waals surface area contributed by atoms with Gasteiger partial charge in [-0.2, -0.15) is 0 Å². The summed E-state index contributed by atoms with van der Waals surface area (Å²) in [5.74, 6) is -0.916. The molecular weight excluding hydrogens is 280 g/mol. The topological polar surface area (TPSA) is 122 Å². The predicted molar refractivity (Wildman–Crippen MR) is 84.4 cm³/mol. The summed E-state index contributed by atoms with van der Waals surface area (Å²) >= 11 is 0. The van der Waals surface area contributed by atoms with E-state index < -0.39 is 5.91 Å². The van der Waals surface area contributed by atoms with Crippen molar-refractivity contribution >= 4 is 17.6 Å². The number of amidine groups is 1. The maximum atomic E-state index is 11.8. The third-order valence-corrected chi connectivity index (χ3v) is 3.10. The van der Waals surface area contributed by atoms with Gasteiger partial charge in [0.1, 0.15) is 5.84 Å². The van der Waals surface area contributed by atoms with Crippen molar-refractivity contribution in [2.45, 2.75) is 0 Å². The van der Waals surface area contributed by atoms with Crippen LogP contribution in [-0.4, -0.2) is 24.2 Å². The SMILES string of the molecule is N=C(N)c1ccc(-c2ccc(C(=O)NCC(N)=O)cc2)cc1. The molecule has 2 amide bonds. The molecule has 0 fully saturated rings. The molecule has 0 aromatic heterocycles. The van der Waals surface area contributed by atoms with Crippen molar-refractivity contribution in [3.8, 4) is 11.1 Å². The standard InChI is InChI=1S/C16H16N4O2/c17-14(21)9-20-16(22)13-7-3-11(4-8-13)10-1-5-12(6-2-10)15(18)19/h1-8H,9H2,(H2,17,21)(H3,18,19)(H,20,22). The monoisotopic (exact) mass is 296 g/mol. The quantitative estimate of drug-likeness (QED) is 0.483. The minimum absolute atomic E-state index is 0.0213. The highest BCUT2D eigenvalue weighted by Gasteiger charge is 2.07. The zero-order valence-corrected chi connectivity index (χ0v) is 11.8. The van der Waals surface area contributed by atoms with Crippen LogP contribution in [0.15, 0.2) is 48.5 Å². The Kier molecular flexibility index (Phi) is 4.53. The Morgan fingerprint density at radius 2 is 1.32 bits per heavy atom. The fourth-order valence-corrected chi connectivity index (χ4v) is 1.93. The van der Waals surface area contributed by atoms with Gasteiger partial charge in [0.2, 0.25) is 5.91 Å². The van der Waals surface area contributed by atoms with Gasteiger partial charge in [-0.15, -0.1) is 0 Å². The molecule has 0 radical (unpaired) electrons. The van der Waals surface area contributed by atoms with Crippen molar-refractivity contribution < 1.29 is 9.59 Å². The minimum Gasteiger partial charge on any atom is -0.384 e. The maximum absolute atomic E-state index is 11.8. The Morgan fingerprint density at radius 1 is 0.864 bits per heavy atom. The summed E-state index contributed by atoms with van der Waals surface area (Å²) in [6, 6.07) is 14.2. The number of hydrogen-bond acceptors (Lipinski definition) is 3. The smallest absolute Gasteiger partial charge is 0.251 e. The largest absolute Gasteiger partial charge is 0.384 e. The molecule has 0 saturated heterocycles. The number of amides is 2. The molecule has 2 aromatic rings. The van der Waals surface area contributed by atoms with Crippen LogP contribution < -0.4 is 16.8 Å². The van der Waals surface area contributed by atoms with Crippen LogP contribution in [-0.2, 0) is 4.79 Å². The van der Waals surface area contributed by atoms with Gasteiger partial charge in [0, 0.05) is 11.1 Å². The summed E-state index contributed by atoms with van der Waals surface area (Å²) in [7, 11) is 0. The van der Waals surface area contributed by atoms with Gasteiger partial charge in [-0.1, -0.05) is 36.4 Å². The molecule has 0 aliphatic heterocycles. The molecule has 6 nitrogen and oxygen atoms in total. The van der Waals surface area contributed by atoms with Gasteiger partial charge in [0.05, 0.1) is 6.54 Å². The van der Waals surface area contributed by atoms with Crippen LogP contribution in [0.4, 0.5) is 0 Å². The zero-order chi connectivity index (χ0) is 16.1. The second-order valence-corrected chi connectivity index (χ2v) is 4.72. The van der Waals surface area contributed by atoms with Gasteiger partial charge in [-0.05, 0) is 23.3 Å². The van der Waals surface area contributed by atoms with E-state index in [-0.39, 0.29) is 18.3 Å². The number of rotatable bonds is 5. The van der Waals surface area contributed by atoms with Crippen LogP contribution in [0.5, 0.6) is 0 Å². The van der Waals surface area contributed by atoms with E-state index >= 15 is 0 Å². The lowest BCUT2D eigenvalue weighted by atomic mass is 10.0. The van der Waals surface area contributed by atoms with Crippen LogP contribution in [0.3, 0.4) is 0 Å². The highest BCUT2D eigenvalue weighted by atomic mass is 16.2. The predicted octanol–water partition coefficient (Wildman–Crippen LogP) is 0.853. The molecule has 2 rings (SSSR count). The molecule has 6 heteroatoms. The Bertz CT molecular complexity index is 706. The molecule has 6 N–H and O–H groups in total. The first-order valence-electron chi connectivity index (χ1n) is 6.59. The summed E-state index contributed by atoms with van der Waals surface area (Å²) < 4.78 is 0. The Morgan fingerprint density at radius 3 is 1.73 bits per heavy atom. The number of nitrogens with one attached hydrogen (secondary N) is 2. The number of benzene rings is 2. The van der Waals surface area contributed by atoms with E-state index in [9.17, 15) is 9.59 Å². The number of hydrogen-bond donors (Lipinski definition) is 4. The highest BCUT2D eigenvalue weighted by Crippen LogP contribution is 2.20. The van der Waals surface area contributed by atoms with Crippen LogP contribution in [0.1, 0.15) is 15.9 Å². The number of carbonyl (C=O) groups excluding carboxylic acids is 2. The normalized spacial score (nSPS) is 10.0. The van der Waals surface area contributed by atoms with Gasteiger partial charge < -0.3 is 16.8 Å². The first kappa shape index (κ1) is 15.2. The Balaban J connectivity index is 2.12. The van der Waals surface area contributed by atoms with Crippen LogP contribution in [0.25, 0.3) is 11.1 Å². The summed E-state index contributed by atoms with van der Waals surface area (Å²) in [6.45, 7) is -0.187. The van der Waals surface area contributed by atoms with Crippen molar-refractivity contribution in [2.75, 3.05) is 6.54 Å². The summed E-state index contributed by atoms with van der Waals surface area (Å²) in [6.07, 6.45) is 0. The van der Waals surface area contributed by atoms with E-state index in [4.69, 9.17) is 16.9 Å². The first-order chi connectivity index (χ1) is 10.5. The number of carbonyl (C=O) groups is 2. The van der Waals surface area contributed by atoms with E-state index in [0.717, 1.165) is 11.1 Å². The molecule has 112 valence electrons. The van der Waals surface area contributed by atoms with E-state index in [2.05, 4.69) is 5.32 Å². The van der Waals surface area contributed by atoms with Crippen molar-refractivity contribution in [2.24, 2.45) is 11.5 Å². The van der Waals surface area contributed by atoms with Gasteiger partial charge in [-0.25, -0.2) is 0 Å². The van der Waals surface area contributed by atoms with E-state index in [1.54, 1.807) is 24.3 Å². The lowest BCUT2D eigenvalue weighted by Crippen LogP contribution is -2.33. The lowest BCUT2D eigenvalue weighted by Gasteiger charge is -2.06. The number of nitrogens with two attached hydrogens (primary N) is 2. The third-order valence-electron chi connectivity index (χ3n) is 3.10. The van der Waals surface area contributed by atoms with Gasteiger partial charge in [0.25, 0.3) is 5.91 Å². The molecule has 22 heavy (non-hydrogen) atoms. The number of primary amides is 1. The fraction of sp³-hybridized carbons (Fsp3) is 0.0625.